The summed E-state index contributed by atoms with van der Waals surface area (Å²) in [5.74, 6) is 0.658. The molecule has 0 fully saturated rings. The summed E-state index contributed by atoms with van der Waals surface area (Å²) in [6.45, 7) is 1.86. The van der Waals surface area contributed by atoms with Gasteiger partial charge in [-0.15, -0.1) is 0 Å². The first-order valence-electron chi connectivity index (χ1n) is 5.65. The third kappa shape index (κ3) is 3.03. The third-order valence-corrected chi connectivity index (χ3v) is 3.41. The molecular formula is C14H12BrClO2. The number of carbonyl (C=O) groups excluding carboxylic acids is 1. The smallest absolute Gasteiger partial charge is 0.262 e. The average Bonchev–Trinajstić information content (AvgIpc) is 2.35. The van der Waals surface area contributed by atoms with Gasteiger partial charge in [-0.2, -0.15) is 0 Å². The molecule has 0 aliphatic rings. The molecule has 4 heteroatoms. The second kappa shape index (κ2) is 5.72. The van der Waals surface area contributed by atoms with Crippen molar-refractivity contribution in [1.82, 2.24) is 0 Å². The van der Waals surface area contributed by atoms with Crippen molar-refractivity contribution in [1.29, 1.82) is 0 Å². The Morgan fingerprint density at radius 1 is 1.28 bits per heavy atom. The number of fused-ring (bicyclic) bond motifs is 1. The quantitative estimate of drug-likeness (QED) is 0.771. The van der Waals surface area contributed by atoms with Crippen LogP contribution in [0.2, 0.25) is 0 Å². The highest BCUT2D eigenvalue weighted by molar-refractivity contribution is 9.10. The molecule has 0 saturated heterocycles. The van der Waals surface area contributed by atoms with E-state index in [1.165, 1.54) is 0 Å². The Hall–Kier alpha value is -1.06. The Morgan fingerprint density at radius 3 is 2.61 bits per heavy atom. The van der Waals surface area contributed by atoms with Crippen molar-refractivity contribution in [2.75, 3.05) is 0 Å². The normalized spacial score (nSPS) is 12.4. The molecule has 0 spiro atoms. The second-order valence-corrected chi connectivity index (χ2v) is 5.26. The Kier molecular flexibility index (Phi) is 4.25. The summed E-state index contributed by atoms with van der Waals surface area (Å²) in [5.41, 5.74) is 0. The van der Waals surface area contributed by atoms with Crippen LogP contribution in [-0.4, -0.2) is 11.3 Å². The van der Waals surface area contributed by atoms with Crippen molar-refractivity contribution in [2.24, 2.45) is 0 Å². The molecule has 94 valence electrons. The minimum atomic E-state index is -0.584. The Balaban J connectivity index is 2.30. The summed E-state index contributed by atoms with van der Waals surface area (Å²) >= 11 is 8.89. The first-order chi connectivity index (χ1) is 8.60. The van der Waals surface area contributed by atoms with E-state index < -0.39 is 11.3 Å². The Bertz CT molecular complexity index is 583. The van der Waals surface area contributed by atoms with Gasteiger partial charge in [0.05, 0.1) is 0 Å². The van der Waals surface area contributed by atoms with E-state index in [2.05, 4.69) is 15.9 Å². The van der Waals surface area contributed by atoms with Gasteiger partial charge in [0, 0.05) is 4.47 Å². The molecule has 18 heavy (non-hydrogen) atoms. The molecule has 0 aromatic heterocycles. The zero-order chi connectivity index (χ0) is 13.1. The van der Waals surface area contributed by atoms with E-state index in [9.17, 15) is 4.79 Å². The fraction of sp³-hybridized carbons (Fsp3) is 0.214. The van der Waals surface area contributed by atoms with E-state index in [-0.39, 0.29) is 0 Å². The summed E-state index contributed by atoms with van der Waals surface area (Å²) in [6.07, 6.45) is -0.0275. The molecule has 1 unspecified atom stereocenters. The van der Waals surface area contributed by atoms with Crippen molar-refractivity contribution in [2.45, 2.75) is 19.4 Å². The lowest BCUT2D eigenvalue weighted by atomic mass is 10.1. The van der Waals surface area contributed by atoms with Gasteiger partial charge in [0.15, 0.2) is 6.10 Å². The fourth-order valence-electron chi connectivity index (χ4n) is 1.72. The summed E-state index contributed by atoms with van der Waals surface area (Å²) in [6, 6.07) is 11.7. The molecule has 0 amide bonds. The molecule has 2 nitrogen and oxygen atoms in total. The first-order valence-corrected chi connectivity index (χ1v) is 6.82. The fourth-order valence-corrected chi connectivity index (χ4v) is 2.30. The molecule has 0 aliphatic heterocycles. The van der Waals surface area contributed by atoms with Gasteiger partial charge in [0.1, 0.15) is 5.75 Å². The molecule has 0 aliphatic carbocycles. The topological polar surface area (TPSA) is 26.3 Å². The molecule has 0 heterocycles. The van der Waals surface area contributed by atoms with E-state index >= 15 is 0 Å². The number of ether oxygens (including phenoxy) is 1. The van der Waals surface area contributed by atoms with Crippen molar-refractivity contribution in [3.8, 4) is 5.75 Å². The molecule has 0 radical (unpaired) electrons. The second-order valence-electron chi connectivity index (χ2n) is 3.97. The molecule has 2 aromatic carbocycles. The molecule has 0 saturated carbocycles. The van der Waals surface area contributed by atoms with Gasteiger partial charge in [-0.05, 0) is 53.1 Å². The highest BCUT2D eigenvalue weighted by atomic mass is 79.9. The molecular weight excluding hydrogens is 316 g/mol. The van der Waals surface area contributed by atoms with Crippen molar-refractivity contribution < 1.29 is 9.53 Å². The minimum absolute atomic E-state index is 0.464. The van der Waals surface area contributed by atoms with Crippen LogP contribution in [-0.2, 0) is 4.79 Å². The average molecular weight is 328 g/mol. The summed E-state index contributed by atoms with van der Waals surface area (Å²) in [7, 11) is 0. The van der Waals surface area contributed by atoms with Crippen LogP contribution < -0.4 is 4.74 Å². The summed E-state index contributed by atoms with van der Waals surface area (Å²) in [5, 5.41) is 1.71. The minimum Gasteiger partial charge on any atom is -0.481 e. The number of rotatable bonds is 4. The van der Waals surface area contributed by atoms with Crippen LogP contribution in [0, 0.1) is 0 Å². The monoisotopic (exact) mass is 326 g/mol. The van der Waals surface area contributed by atoms with Crippen molar-refractivity contribution in [3.05, 3.63) is 40.9 Å². The molecule has 0 bridgehead atoms. The van der Waals surface area contributed by atoms with E-state index in [0.29, 0.717) is 12.2 Å². The van der Waals surface area contributed by atoms with Crippen LogP contribution in [0.5, 0.6) is 5.75 Å². The summed E-state index contributed by atoms with van der Waals surface area (Å²) in [4.78, 5) is 11.1. The summed E-state index contributed by atoms with van der Waals surface area (Å²) < 4.78 is 6.60. The lowest BCUT2D eigenvalue weighted by molar-refractivity contribution is -0.117. The van der Waals surface area contributed by atoms with Gasteiger partial charge in [-0.1, -0.05) is 35.0 Å². The van der Waals surface area contributed by atoms with Crippen LogP contribution in [0.15, 0.2) is 40.9 Å². The van der Waals surface area contributed by atoms with E-state index in [1.54, 1.807) is 0 Å². The van der Waals surface area contributed by atoms with Gasteiger partial charge in [0.25, 0.3) is 5.24 Å². The first kappa shape index (κ1) is 13.4. The highest BCUT2D eigenvalue weighted by Crippen LogP contribution is 2.25. The predicted octanol–water partition coefficient (Wildman–Crippen LogP) is 4.53. The maximum absolute atomic E-state index is 11.1. The molecule has 2 aromatic rings. The van der Waals surface area contributed by atoms with Crippen LogP contribution in [0.25, 0.3) is 10.8 Å². The van der Waals surface area contributed by atoms with Crippen molar-refractivity contribution >= 4 is 43.5 Å². The molecule has 0 N–H and O–H groups in total. The van der Waals surface area contributed by atoms with Crippen LogP contribution in [0.4, 0.5) is 0 Å². The van der Waals surface area contributed by atoms with Gasteiger partial charge in [-0.3, -0.25) is 4.79 Å². The molecule has 2 rings (SSSR count). The zero-order valence-electron chi connectivity index (χ0n) is 9.82. The van der Waals surface area contributed by atoms with Gasteiger partial charge < -0.3 is 4.74 Å². The number of halogens is 2. The molecule has 1 atom stereocenters. The number of benzene rings is 2. The zero-order valence-corrected chi connectivity index (χ0v) is 12.2. The highest BCUT2D eigenvalue weighted by Gasteiger charge is 2.15. The van der Waals surface area contributed by atoms with E-state index in [4.69, 9.17) is 16.3 Å². The van der Waals surface area contributed by atoms with E-state index in [1.807, 2.05) is 43.3 Å². The van der Waals surface area contributed by atoms with Crippen LogP contribution in [0.1, 0.15) is 13.3 Å². The van der Waals surface area contributed by atoms with Crippen molar-refractivity contribution in [3.63, 3.8) is 0 Å². The third-order valence-electron chi connectivity index (χ3n) is 2.68. The van der Waals surface area contributed by atoms with Crippen LogP contribution in [0.3, 0.4) is 0 Å². The Labute approximate surface area is 119 Å². The van der Waals surface area contributed by atoms with E-state index in [0.717, 1.165) is 15.2 Å². The largest absolute Gasteiger partial charge is 0.481 e. The Morgan fingerprint density at radius 2 is 1.94 bits per heavy atom. The lowest BCUT2D eigenvalue weighted by Gasteiger charge is -2.13. The van der Waals surface area contributed by atoms with Crippen LogP contribution >= 0.6 is 27.5 Å². The maximum Gasteiger partial charge on any atom is 0.262 e. The number of hydrogen-bond donors (Lipinski definition) is 0. The lowest BCUT2D eigenvalue weighted by Crippen LogP contribution is -2.22. The predicted molar refractivity (Wildman–Crippen MR) is 77.2 cm³/mol. The SMILES string of the molecule is CCC(Oc1ccc2cc(Br)ccc2c1)C(=O)Cl. The van der Waals surface area contributed by atoms with Gasteiger partial charge in [0.2, 0.25) is 0 Å². The number of hydrogen-bond acceptors (Lipinski definition) is 2. The maximum atomic E-state index is 11.1. The van der Waals surface area contributed by atoms with Gasteiger partial charge in [-0.25, -0.2) is 0 Å². The van der Waals surface area contributed by atoms with Gasteiger partial charge >= 0.3 is 0 Å². The number of carbonyl (C=O) groups is 1. The standard InChI is InChI=1S/C14H12BrClO2/c1-2-13(14(16)17)18-12-6-4-9-7-11(15)5-3-10(9)8-12/h3-8,13H,2H2,1H3.